The average molecular weight is 219 g/mol. The third-order valence-electron chi connectivity index (χ3n) is 2.70. The van der Waals surface area contributed by atoms with E-state index in [2.05, 4.69) is 4.98 Å². The SMILES string of the molecule is C[C@@H](O)[C@H](C(=O)O)c1c[nH]c2ccccc12. The first-order valence-corrected chi connectivity index (χ1v) is 5.08. The second-order valence-corrected chi connectivity index (χ2v) is 3.85. The molecule has 2 rings (SSSR count). The van der Waals surface area contributed by atoms with Crippen molar-refractivity contribution < 1.29 is 15.0 Å². The largest absolute Gasteiger partial charge is 0.481 e. The number of fused-ring (bicyclic) bond motifs is 1. The monoisotopic (exact) mass is 219 g/mol. The molecule has 0 unspecified atom stereocenters. The molecule has 2 aromatic rings. The number of para-hydroxylation sites is 1. The lowest BCUT2D eigenvalue weighted by molar-refractivity contribution is -0.141. The fourth-order valence-electron chi connectivity index (χ4n) is 1.95. The molecule has 2 atom stereocenters. The number of H-pyrrole nitrogens is 1. The van der Waals surface area contributed by atoms with Gasteiger partial charge >= 0.3 is 5.97 Å². The maximum Gasteiger partial charge on any atom is 0.313 e. The van der Waals surface area contributed by atoms with E-state index in [1.165, 1.54) is 6.92 Å². The number of rotatable bonds is 3. The fourth-order valence-corrected chi connectivity index (χ4v) is 1.95. The third-order valence-corrected chi connectivity index (χ3v) is 2.70. The van der Waals surface area contributed by atoms with Gasteiger partial charge in [0, 0.05) is 17.1 Å². The normalized spacial score (nSPS) is 14.9. The molecular weight excluding hydrogens is 206 g/mol. The number of aliphatic hydroxyl groups excluding tert-OH is 1. The number of carbonyl (C=O) groups is 1. The van der Waals surface area contributed by atoms with Crippen LogP contribution in [0.1, 0.15) is 18.4 Å². The number of carboxylic acid groups (broad SMARTS) is 1. The van der Waals surface area contributed by atoms with Gasteiger partial charge < -0.3 is 15.2 Å². The van der Waals surface area contributed by atoms with Crippen LogP contribution in [-0.4, -0.2) is 27.3 Å². The van der Waals surface area contributed by atoms with Crippen molar-refractivity contribution in [3.63, 3.8) is 0 Å². The summed E-state index contributed by atoms with van der Waals surface area (Å²) in [7, 11) is 0. The van der Waals surface area contributed by atoms with Crippen molar-refractivity contribution in [2.45, 2.75) is 18.9 Å². The summed E-state index contributed by atoms with van der Waals surface area (Å²) < 4.78 is 0. The molecule has 84 valence electrons. The first-order chi connectivity index (χ1) is 7.61. The van der Waals surface area contributed by atoms with E-state index in [9.17, 15) is 9.90 Å². The lowest BCUT2D eigenvalue weighted by Crippen LogP contribution is -2.23. The summed E-state index contributed by atoms with van der Waals surface area (Å²) in [5.41, 5.74) is 1.50. The van der Waals surface area contributed by atoms with Crippen LogP contribution in [0.5, 0.6) is 0 Å². The Bertz CT molecular complexity index is 516. The number of hydrogen-bond acceptors (Lipinski definition) is 2. The third kappa shape index (κ3) is 1.67. The summed E-state index contributed by atoms with van der Waals surface area (Å²) in [6, 6.07) is 7.45. The van der Waals surface area contributed by atoms with Crippen molar-refractivity contribution in [2.24, 2.45) is 0 Å². The zero-order chi connectivity index (χ0) is 11.7. The molecule has 0 aliphatic rings. The molecule has 0 spiro atoms. The van der Waals surface area contributed by atoms with Crippen molar-refractivity contribution in [3.8, 4) is 0 Å². The second kappa shape index (κ2) is 3.98. The minimum absolute atomic E-state index is 0.623. The van der Waals surface area contributed by atoms with E-state index < -0.39 is 18.0 Å². The lowest BCUT2D eigenvalue weighted by Gasteiger charge is -2.14. The first-order valence-electron chi connectivity index (χ1n) is 5.08. The zero-order valence-corrected chi connectivity index (χ0v) is 8.84. The molecule has 1 aromatic heterocycles. The molecule has 3 N–H and O–H groups in total. The Morgan fingerprint density at radius 2 is 2.06 bits per heavy atom. The number of carboxylic acids is 1. The molecule has 0 aliphatic carbocycles. The second-order valence-electron chi connectivity index (χ2n) is 3.85. The van der Waals surface area contributed by atoms with Crippen molar-refractivity contribution in [2.75, 3.05) is 0 Å². The van der Waals surface area contributed by atoms with Crippen molar-refractivity contribution in [3.05, 3.63) is 36.0 Å². The molecule has 16 heavy (non-hydrogen) atoms. The van der Waals surface area contributed by atoms with Gasteiger partial charge in [-0.25, -0.2) is 0 Å². The van der Waals surface area contributed by atoms with Crippen LogP contribution in [0.15, 0.2) is 30.5 Å². The Morgan fingerprint density at radius 1 is 1.38 bits per heavy atom. The summed E-state index contributed by atoms with van der Waals surface area (Å²) in [6.07, 6.45) is 0.729. The summed E-state index contributed by atoms with van der Waals surface area (Å²) >= 11 is 0. The van der Waals surface area contributed by atoms with Gasteiger partial charge in [0.05, 0.1) is 6.10 Å². The van der Waals surface area contributed by atoms with Gasteiger partial charge in [-0.05, 0) is 18.6 Å². The van der Waals surface area contributed by atoms with Crippen LogP contribution in [0.25, 0.3) is 10.9 Å². The van der Waals surface area contributed by atoms with E-state index in [1.54, 1.807) is 6.20 Å². The van der Waals surface area contributed by atoms with Crippen molar-refractivity contribution in [1.82, 2.24) is 4.98 Å². The van der Waals surface area contributed by atoms with E-state index in [-0.39, 0.29) is 0 Å². The first kappa shape index (κ1) is 10.7. The molecule has 1 heterocycles. The van der Waals surface area contributed by atoms with Crippen LogP contribution in [0.2, 0.25) is 0 Å². The molecule has 0 saturated carbocycles. The number of nitrogens with one attached hydrogen (secondary N) is 1. The molecule has 0 aliphatic heterocycles. The summed E-state index contributed by atoms with van der Waals surface area (Å²) in [5, 5.41) is 19.5. The van der Waals surface area contributed by atoms with E-state index in [0.29, 0.717) is 5.56 Å². The number of aliphatic carboxylic acids is 1. The molecule has 0 fully saturated rings. The number of aromatic amines is 1. The Labute approximate surface area is 92.5 Å². The van der Waals surface area contributed by atoms with Gasteiger partial charge in [0.15, 0.2) is 0 Å². The minimum atomic E-state index is -1.01. The average Bonchev–Trinajstić information content (AvgIpc) is 2.61. The fraction of sp³-hybridized carbons (Fsp3) is 0.250. The van der Waals surface area contributed by atoms with Gasteiger partial charge in [0.1, 0.15) is 5.92 Å². The van der Waals surface area contributed by atoms with E-state index in [4.69, 9.17) is 5.11 Å². The maximum absolute atomic E-state index is 11.1. The highest BCUT2D eigenvalue weighted by Crippen LogP contribution is 2.28. The Kier molecular flexibility index (Phi) is 2.66. The number of aromatic nitrogens is 1. The predicted molar refractivity (Wildman–Crippen MR) is 60.4 cm³/mol. The lowest BCUT2D eigenvalue weighted by atomic mass is 9.94. The topological polar surface area (TPSA) is 73.3 Å². The highest BCUT2D eigenvalue weighted by Gasteiger charge is 2.27. The molecular formula is C12H13NO3. The van der Waals surface area contributed by atoms with Crippen LogP contribution in [-0.2, 0) is 4.79 Å². The molecule has 4 nitrogen and oxygen atoms in total. The van der Waals surface area contributed by atoms with Gasteiger partial charge in [0.25, 0.3) is 0 Å². The van der Waals surface area contributed by atoms with E-state index in [0.717, 1.165) is 10.9 Å². The molecule has 1 aromatic carbocycles. The standard InChI is InChI=1S/C12H13NO3/c1-7(14)11(12(15)16)9-6-13-10-5-3-2-4-8(9)10/h2-7,11,13-14H,1H3,(H,15,16)/t7-,11+/m1/s1. The summed E-state index contributed by atoms with van der Waals surface area (Å²) in [5.74, 6) is -1.91. The van der Waals surface area contributed by atoms with E-state index >= 15 is 0 Å². The van der Waals surface area contributed by atoms with Gasteiger partial charge in [0.2, 0.25) is 0 Å². The number of aliphatic hydroxyl groups is 1. The minimum Gasteiger partial charge on any atom is -0.481 e. The van der Waals surface area contributed by atoms with Gasteiger partial charge in [-0.3, -0.25) is 4.79 Å². The molecule has 0 bridgehead atoms. The summed E-state index contributed by atoms with van der Waals surface area (Å²) in [6.45, 7) is 1.49. The van der Waals surface area contributed by atoms with Gasteiger partial charge in [-0.1, -0.05) is 18.2 Å². The van der Waals surface area contributed by atoms with E-state index in [1.807, 2.05) is 24.3 Å². The molecule has 0 radical (unpaired) electrons. The molecule has 0 saturated heterocycles. The van der Waals surface area contributed by atoms with Crippen LogP contribution in [0, 0.1) is 0 Å². The number of benzene rings is 1. The highest BCUT2D eigenvalue weighted by atomic mass is 16.4. The van der Waals surface area contributed by atoms with Crippen LogP contribution in [0.3, 0.4) is 0 Å². The smallest absolute Gasteiger partial charge is 0.313 e. The Hall–Kier alpha value is -1.81. The predicted octanol–water partition coefficient (Wildman–Crippen LogP) is 1.72. The summed E-state index contributed by atoms with van der Waals surface area (Å²) in [4.78, 5) is 14.1. The quantitative estimate of drug-likeness (QED) is 0.735. The van der Waals surface area contributed by atoms with Crippen LogP contribution >= 0.6 is 0 Å². The Morgan fingerprint density at radius 3 is 2.69 bits per heavy atom. The van der Waals surface area contributed by atoms with Crippen LogP contribution in [0.4, 0.5) is 0 Å². The molecule has 0 amide bonds. The molecule has 4 heteroatoms. The van der Waals surface area contributed by atoms with Crippen molar-refractivity contribution >= 4 is 16.9 Å². The highest BCUT2D eigenvalue weighted by molar-refractivity contribution is 5.89. The van der Waals surface area contributed by atoms with Crippen LogP contribution < -0.4 is 0 Å². The Balaban J connectivity index is 2.57. The van der Waals surface area contributed by atoms with Gasteiger partial charge in [-0.2, -0.15) is 0 Å². The maximum atomic E-state index is 11.1. The number of hydrogen-bond donors (Lipinski definition) is 3. The van der Waals surface area contributed by atoms with Crippen molar-refractivity contribution in [1.29, 1.82) is 0 Å². The zero-order valence-electron chi connectivity index (χ0n) is 8.84. The van der Waals surface area contributed by atoms with Gasteiger partial charge in [-0.15, -0.1) is 0 Å².